The molecule has 0 aliphatic carbocycles. The molecule has 5 nitrogen and oxygen atoms in total. The van der Waals surface area contributed by atoms with Crippen LogP contribution in [0.2, 0.25) is 0 Å². The van der Waals surface area contributed by atoms with Crippen molar-refractivity contribution < 1.29 is 9.84 Å². The minimum Gasteiger partial charge on any atom is -0.492 e. The van der Waals surface area contributed by atoms with E-state index in [1.807, 2.05) is 24.3 Å². The highest BCUT2D eigenvalue weighted by Crippen LogP contribution is 2.18. The maximum atomic E-state index is 9.84. The van der Waals surface area contributed by atoms with Crippen LogP contribution in [0.3, 0.4) is 0 Å². The Morgan fingerprint density at radius 2 is 2.05 bits per heavy atom. The number of rotatable bonds is 7. The van der Waals surface area contributed by atoms with Crippen LogP contribution in [0.4, 0.5) is 0 Å². The topological polar surface area (TPSA) is 62.0 Å². The first-order valence-corrected chi connectivity index (χ1v) is 7.57. The molecular weight excluding hydrogens is 266 g/mol. The monoisotopic (exact) mass is 293 g/mol. The van der Waals surface area contributed by atoms with E-state index in [0.717, 1.165) is 37.4 Å². The molecule has 21 heavy (non-hydrogen) atoms. The normalized spacial score (nSPS) is 22.9. The third kappa shape index (κ3) is 4.97. The van der Waals surface area contributed by atoms with Gasteiger partial charge in [-0.15, -0.1) is 0 Å². The fourth-order valence-corrected chi connectivity index (χ4v) is 2.85. The lowest BCUT2D eigenvalue weighted by molar-refractivity contribution is 0.155. The van der Waals surface area contributed by atoms with Crippen molar-refractivity contribution in [3.05, 3.63) is 29.8 Å². The first-order valence-electron chi connectivity index (χ1n) is 7.57. The van der Waals surface area contributed by atoms with Gasteiger partial charge in [-0.25, -0.2) is 0 Å². The van der Waals surface area contributed by atoms with E-state index in [-0.39, 0.29) is 6.10 Å². The minimum atomic E-state index is -0.209. The quantitative estimate of drug-likeness (QED) is 0.767. The summed E-state index contributed by atoms with van der Waals surface area (Å²) >= 11 is 0. The van der Waals surface area contributed by atoms with E-state index in [1.165, 1.54) is 0 Å². The molecule has 1 fully saturated rings. The van der Waals surface area contributed by atoms with Crippen LogP contribution in [0, 0.1) is 0 Å². The average Bonchev–Trinajstić information content (AvgIpc) is 2.79. The first-order chi connectivity index (χ1) is 10.1. The molecule has 0 bridgehead atoms. The third-order valence-electron chi connectivity index (χ3n) is 3.89. The molecule has 0 saturated carbocycles. The Bertz CT molecular complexity index is 422. The second-order valence-corrected chi connectivity index (χ2v) is 6.00. The molecule has 3 N–H and O–H groups in total. The number of benzene rings is 1. The SMILES string of the molecule is CN(C)CC1CC(O)CN1CCOc1ccc(CN)cc1. The highest BCUT2D eigenvalue weighted by Gasteiger charge is 2.30. The van der Waals surface area contributed by atoms with Crippen LogP contribution >= 0.6 is 0 Å². The summed E-state index contributed by atoms with van der Waals surface area (Å²) in [6, 6.07) is 8.31. The zero-order valence-electron chi connectivity index (χ0n) is 13.0. The van der Waals surface area contributed by atoms with Crippen LogP contribution in [0.15, 0.2) is 24.3 Å². The molecule has 0 amide bonds. The van der Waals surface area contributed by atoms with Gasteiger partial charge in [0, 0.05) is 32.2 Å². The molecule has 1 aliphatic heterocycles. The van der Waals surface area contributed by atoms with Gasteiger partial charge in [0.25, 0.3) is 0 Å². The van der Waals surface area contributed by atoms with Gasteiger partial charge in [0.05, 0.1) is 6.10 Å². The number of nitrogens with two attached hydrogens (primary N) is 1. The number of aliphatic hydroxyl groups is 1. The highest BCUT2D eigenvalue weighted by molar-refractivity contribution is 5.27. The number of hydrogen-bond acceptors (Lipinski definition) is 5. The lowest BCUT2D eigenvalue weighted by atomic mass is 10.2. The standard InChI is InChI=1S/C16H27N3O2/c1-18(2)11-14-9-15(20)12-19(14)7-8-21-16-5-3-13(10-17)4-6-16/h3-6,14-15,20H,7-12,17H2,1-2H3. The number of hydrogen-bond donors (Lipinski definition) is 2. The van der Waals surface area contributed by atoms with E-state index < -0.39 is 0 Å². The van der Waals surface area contributed by atoms with Crippen LogP contribution < -0.4 is 10.5 Å². The number of likely N-dealkylation sites (N-methyl/N-ethyl adjacent to an activating group) is 1. The Kier molecular flexibility index (Phi) is 5.99. The van der Waals surface area contributed by atoms with Gasteiger partial charge in [-0.1, -0.05) is 12.1 Å². The van der Waals surface area contributed by atoms with Gasteiger partial charge in [0.2, 0.25) is 0 Å². The molecule has 2 unspecified atom stereocenters. The second kappa shape index (κ2) is 7.75. The number of β-amino-alcohol motifs (C(OH)–C–C–N with tert-alkyl or cyclic N) is 1. The van der Waals surface area contributed by atoms with E-state index in [4.69, 9.17) is 10.5 Å². The summed E-state index contributed by atoms with van der Waals surface area (Å²) in [6.45, 7) is 3.75. The summed E-state index contributed by atoms with van der Waals surface area (Å²) in [5.41, 5.74) is 6.68. The number of ether oxygens (including phenoxy) is 1. The van der Waals surface area contributed by atoms with Gasteiger partial charge in [-0.05, 0) is 38.2 Å². The Morgan fingerprint density at radius 3 is 2.67 bits per heavy atom. The molecule has 0 radical (unpaired) electrons. The summed E-state index contributed by atoms with van der Waals surface area (Å²) in [7, 11) is 4.14. The third-order valence-corrected chi connectivity index (χ3v) is 3.89. The molecule has 2 atom stereocenters. The van der Waals surface area contributed by atoms with Gasteiger partial charge in [-0.2, -0.15) is 0 Å². The molecule has 1 aromatic carbocycles. The zero-order chi connectivity index (χ0) is 15.2. The van der Waals surface area contributed by atoms with Gasteiger partial charge in [0.15, 0.2) is 0 Å². The smallest absolute Gasteiger partial charge is 0.119 e. The molecule has 1 heterocycles. The van der Waals surface area contributed by atoms with Crippen molar-refractivity contribution in [3.8, 4) is 5.75 Å². The number of likely N-dealkylation sites (tertiary alicyclic amines) is 1. The Balaban J connectivity index is 1.78. The maximum Gasteiger partial charge on any atom is 0.119 e. The summed E-state index contributed by atoms with van der Waals surface area (Å²) in [6.07, 6.45) is 0.641. The average molecular weight is 293 g/mol. The van der Waals surface area contributed by atoms with Crippen molar-refractivity contribution in [2.75, 3.05) is 40.3 Å². The van der Waals surface area contributed by atoms with E-state index in [9.17, 15) is 5.11 Å². The van der Waals surface area contributed by atoms with E-state index in [0.29, 0.717) is 19.2 Å². The van der Waals surface area contributed by atoms with Crippen molar-refractivity contribution >= 4 is 0 Å². The van der Waals surface area contributed by atoms with Crippen molar-refractivity contribution in [2.45, 2.75) is 25.1 Å². The molecule has 0 spiro atoms. The number of nitrogens with zero attached hydrogens (tertiary/aromatic N) is 2. The summed E-state index contributed by atoms with van der Waals surface area (Å²) in [5, 5.41) is 9.84. The molecule has 1 aromatic rings. The van der Waals surface area contributed by atoms with Crippen LogP contribution in [0.25, 0.3) is 0 Å². The van der Waals surface area contributed by atoms with E-state index >= 15 is 0 Å². The summed E-state index contributed by atoms with van der Waals surface area (Å²) in [5.74, 6) is 0.871. The predicted octanol–water partition coefficient (Wildman–Crippen LogP) is 0.521. The first kappa shape index (κ1) is 16.2. The molecule has 0 aromatic heterocycles. The van der Waals surface area contributed by atoms with Crippen molar-refractivity contribution in [1.29, 1.82) is 0 Å². The molecule has 5 heteroatoms. The fraction of sp³-hybridized carbons (Fsp3) is 0.625. The van der Waals surface area contributed by atoms with Crippen LogP contribution in [0.5, 0.6) is 5.75 Å². The lowest BCUT2D eigenvalue weighted by Gasteiger charge is -2.26. The van der Waals surface area contributed by atoms with Gasteiger partial charge < -0.3 is 20.5 Å². The highest BCUT2D eigenvalue weighted by atomic mass is 16.5. The Morgan fingerprint density at radius 1 is 1.33 bits per heavy atom. The lowest BCUT2D eigenvalue weighted by Crippen LogP contribution is -2.39. The van der Waals surface area contributed by atoms with Crippen molar-refractivity contribution in [2.24, 2.45) is 5.73 Å². The van der Waals surface area contributed by atoms with Gasteiger partial charge in [0.1, 0.15) is 12.4 Å². The van der Waals surface area contributed by atoms with E-state index in [2.05, 4.69) is 23.9 Å². The second-order valence-electron chi connectivity index (χ2n) is 6.00. The minimum absolute atomic E-state index is 0.209. The van der Waals surface area contributed by atoms with Gasteiger partial charge in [-0.3, -0.25) is 4.90 Å². The molecule has 1 saturated heterocycles. The largest absolute Gasteiger partial charge is 0.492 e. The van der Waals surface area contributed by atoms with Crippen LogP contribution in [-0.4, -0.2) is 67.4 Å². The predicted molar refractivity (Wildman–Crippen MR) is 84.4 cm³/mol. The fourth-order valence-electron chi connectivity index (χ4n) is 2.85. The number of aliphatic hydroxyl groups excluding tert-OH is 1. The zero-order valence-corrected chi connectivity index (χ0v) is 13.0. The van der Waals surface area contributed by atoms with Crippen LogP contribution in [0.1, 0.15) is 12.0 Å². The van der Waals surface area contributed by atoms with Crippen molar-refractivity contribution in [3.63, 3.8) is 0 Å². The molecule has 2 rings (SSSR count). The molecule has 118 valence electrons. The Labute approximate surface area is 127 Å². The van der Waals surface area contributed by atoms with Crippen molar-refractivity contribution in [1.82, 2.24) is 9.80 Å². The summed E-state index contributed by atoms with van der Waals surface area (Å²) in [4.78, 5) is 4.49. The summed E-state index contributed by atoms with van der Waals surface area (Å²) < 4.78 is 5.78. The van der Waals surface area contributed by atoms with Crippen LogP contribution in [-0.2, 0) is 6.54 Å². The van der Waals surface area contributed by atoms with E-state index in [1.54, 1.807) is 0 Å². The van der Waals surface area contributed by atoms with Gasteiger partial charge >= 0.3 is 0 Å². The molecule has 1 aliphatic rings. The maximum absolute atomic E-state index is 9.84. The Hall–Kier alpha value is -1.14. The molecular formula is C16H27N3O2.